The lowest BCUT2D eigenvalue weighted by atomic mass is 9.59. The van der Waals surface area contributed by atoms with E-state index in [4.69, 9.17) is 4.74 Å². The number of fused-ring (bicyclic) bond motifs is 1. The second-order valence-corrected chi connectivity index (χ2v) is 21.0. The third-order valence-corrected chi connectivity index (χ3v) is 16.1. The second kappa shape index (κ2) is 17.3. The average Bonchev–Trinajstić information content (AvgIpc) is 4.04. The van der Waals surface area contributed by atoms with Gasteiger partial charge in [-0.15, -0.1) is 0 Å². The number of piperidine rings is 1. The van der Waals surface area contributed by atoms with E-state index < -0.39 is 37.0 Å². The maximum atomic E-state index is 14.0. The molecule has 10 rings (SSSR count). The molecule has 16 nitrogen and oxygen atoms in total. The van der Waals surface area contributed by atoms with E-state index in [0.29, 0.717) is 48.8 Å². The molecule has 2 aliphatic heterocycles. The van der Waals surface area contributed by atoms with Gasteiger partial charge in [0.25, 0.3) is 15.9 Å². The van der Waals surface area contributed by atoms with Crippen LogP contribution in [0, 0.1) is 21.4 Å². The van der Waals surface area contributed by atoms with Crippen LogP contribution in [-0.4, -0.2) is 95.1 Å². The van der Waals surface area contributed by atoms with Crippen molar-refractivity contribution in [3.63, 3.8) is 0 Å². The monoisotopic (exact) mass is 903 g/mol. The summed E-state index contributed by atoms with van der Waals surface area (Å²) in [5.41, 5.74) is 3.54. The summed E-state index contributed by atoms with van der Waals surface area (Å²) >= 11 is 0. The fourth-order valence-corrected chi connectivity index (χ4v) is 11.7. The van der Waals surface area contributed by atoms with E-state index in [1.807, 2.05) is 12.1 Å². The smallest absolute Gasteiger partial charge is 0.312 e. The van der Waals surface area contributed by atoms with Gasteiger partial charge in [0.15, 0.2) is 0 Å². The van der Waals surface area contributed by atoms with Crippen LogP contribution in [0.3, 0.4) is 0 Å². The number of nitrogens with zero attached hydrogens (tertiary/aromatic N) is 5. The first-order valence-electron chi connectivity index (χ1n) is 23.1. The summed E-state index contributed by atoms with van der Waals surface area (Å²) in [6.45, 7) is 6.90. The van der Waals surface area contributed by atoms with E-state index in [0.717, 1.165) is 81.7 Å². The lowest BCUT2D eigenvalue weighted by Crippen LogP contribution is -2.59. The molecule has 0 unspecified atom stereocenters. The van der Waals surface area contributed by atoms with Gasteiger partial charge in [-0.2, -0.15) is 0 Å². The quantitative estimate of drug-likeness (QED) is 0.0577. The number of rotatable bonds is 13. The van der Waals surface area contributed by atoms with Gasteiger partial charge in [-0.3, -0.25) is 19.8 Å². The van der Waals surface area contributed by atoms with E-state index in [-0.39, 0.29) is 28.5 Å². The molecule has 17 heteroatoms. The molecule has 5 heterocycles. The van der Waals surface area contributed by atoms with Crippen LogP contribution in [0.25, 0.3) is 11.0 Å². The lowest BCUT2D eigenvalue weighted by molar-refractivity contribution is -0.384. The van der Waals surface area contributed by atoms with Crippen molar-refractivity contribution in [3.05, 3.63) is 106 Å². The molecular formula is C48H57N9O7S. The summed E-state index contributed by atoms with van der Waals surface area (Å²) in [6.07, 6.45) is 14.1. The van der Waals surface area contributed by atoms with Gasteiger partial charge in [0.1, 0.15) is 22.0 Å². The standard InChI is InChI=1S/C48H57N9O7S/c1-47(59)13-10-31(11-14-47)27-51-45-41(57(60)61)24-37(29-53-45)65(62,63)54-46(58)40-9-8-34(23-43(40)64-36-22-33-12-17-50-44(33)52-28-36)55-19-15-48(16-20-55)25-35(26-48)56-21-18-49-30-42(56)39-5-3-2-4-38(39)32-6-7-32/h2-5,8-9,12,17,22-24,28-29,31-32,35,42,49,59H,6-7,10-11,13-16,18-21,25-27,30H2,1H3,(H,50,52)(H,51,53)(H,54,58)/t31-,42-,47-/m0/s1. The molecule has 3 aromatic heterocycles. The molecule has 5 fully saturated rings. The van der Waals surface area contributed by atoms with Crippen molar-refractivity contribution >= 4 is 44.2 Å². The highest BCUT2D eigenvalue weighted by molar-refractivity contribution is 7.90. The number of H-pyrrole nitrogens is 1. The number of hydrogen-bond donors (Lipinski definition) is 5. The molecule has 2 aromatic carbocycles. The number of benzene rings is 2. The molecule has 65 heavy (non-hydrogen) atoms. The van der Waals surface area contributed by atoms with Crippen molar-refractivity contribution in [1.29, 1.82) is 0 Å². The van der Waals surface area contributed by atoms with E-state index in [1.165, 1.54) is 43.0 Å². The number of carbonyl (C=O) groups excluding carboxylic acids is 1. The Balaban J connectivity index is 0.835. The number of aliphatic hydroxyl groups is 1. The van der Waals surface area contributed by atoms with Crippen LogP contribution >= 0.6 is 0 Å². The van der Waals surface area contributed by atoms with Crippen LogP contribution in [0.1, 0.15) is 105 Å². The first kappa shape index (κ1) is 43.3. The van der Waals surface area contributed by atoms with Crippen molar-refractivity contribution < 1.29 is 28.0 Å². The number of sulfonamides is 1. The van der Waals surface area contributed by atoms with E-state index in [9.17, 15) is 28.4 Å². The Morgan fingerprint density at radius 1 is 0.969 bits per heavy atom. The van der Waals surface area contributed by atoms with Crippen LogP contribution in [-0.2, 0) is 10.0 Å². The molecule has 1 spiro atoms. The van der Waals surface area contributed by atoms with E-state index >= 15 is 0 Å². The highest BCUT2D eigenvalue weighted by Crippen LogP contribution is 2.54. The molecule has 0 radical (unpaired) electrons. The van der Waals surface area contributed by atoms with Crippen molar-refractivity contribution in [2.75, 3.05) is 49.5 Å². The number of aromatic amines is 1. The minimum Gasteiger partial charge on any atom is -0.455 e. The number of piperazine rings is 1. The summed E-state index contributed by atoms with van der Waals surface area (Å²) in [5.74, 6) is 0.334. The summed E-state index contributed by atoms with van der Waals surface area (Å²) in [7, 11) is -4.63. The lowest BCUT2D eigenvalue weighted by Gasteiger charge is -2.57. The Morgan fingerprint density at radius 2 is 1.74 bits per heavy atom. The van der Waals surface area contributed by atoms with Gasteiger partial charge in [-0.1, -0.05) is 24.3 Å². The normalized spacial score (nSPS) is 23.8. The fourth-order valence-electron chi connectivity index (χ4n) is 10.8. The van der Waals surface area contributed by atoms with Gasteiger partial charge in [-0.25, -0.2) is 23.1 Å². The number of carbonyl (C=O) groups is 1. The van der Waals surface area contributed by atoms with Gasteiger partial charge >= 0.3 is 5.69 Å². The van der Waals surface area contributed by atoms with Crippen LogP contribution in [0.4, 0.5) is 17.2 Å². The van der Waals surface area contributed by atoms with Gasteiger partial charge in [0.05, 0.1) is 28.5 Å². The van der Waals surface area contributed by atoms with Gasteiger partial charge in [0.2, 0.25) is 5.82 Å². The third-order valence-electron chi connectivity index (χ3n) is 14.8. The van der Waals surface area contributed by atoms with Crippen LogP contribution < -0.4 is 25.0 Å². The van der Waals surface area contributed by atoms with Gasteiger partial charge in [-0.05, 0) is 124 Å². The maximum Gasteiger partial charge on any atom is 0.312 e. The SMILES string of the molecule is C[C@]1(O)CC[C@H](CNc2ncc(S(=O)(=O)NC(=O)c3ccc(N4CCC5(CC4)CC(N4CCNC[C@H]4c4ccccc4C4CC4)C5)cc3Oc3cnc4[nH]ccc4c3)cc2[N+](=O)[O-])CC1. The Hall–Kier alpha value is -5.62. The molecule has 5 N–H and O–H groups in total. The summed E-state index contributed by atoms with van der Waals surface area (Å²) in [6, 6.07) is 19.7. The van der Waals surface area contributed by atoms with Crippen molar-refractivity contribution in [2.45, 2.75) is 99.6 Å². The number of amides is 1. The molecule has 1 amide bonds. The predicted octanol–water partition coefficient (Wildman–Crippen LogP) is 7.40. The highest BCUT2D eigenvalue weighted by atomic mass is 32.2. The molecule has 5 aliphatic rings. The predicted molar refractivity (Wildman–Crippen MR) is 247 cm³/mol. The van der Waals surface area contributed by atoms with Gasteiger partial charge in [0, 0.05) is 80.8 Å². The largest absolute Gasteiger partial charge is 0.455 e. The fraction of sp³-hybridized carbons (Fsp3) is 0.479. The van der Waals surface area contributed by atoms with Crippen molar-refractivity contribution in [3.8, 4) is 11.5 Å². The molecule has 3 saturated carbocycles. The zero-order valence-corrected chi connectivity index (χ0v) is 37.5. The molecule has 1 atom stereocenters. The number of anilines is 2. The molecule has 2 saturated heterocycles. The summed E-state index contributed by atoms with van der Waals surface area (Å²) < 4.78 is 35.9. The molecule has 5 aromatic rings. The number of hydrogen-bond acceptors (Lipinski definition) is 13. The number of aromatic nitrogens is 3. The zero-order valence-electron chi connectivity index (χ0n) is 36.7. The van der Waals surface area contributed by atoms with Crippen LogP contribution in [0.15, 0.2) is 84.1 Å². The Labute approximate surface area is 378 Å². The van der Waals surface area contributed by atoms with Crippen molar-refractivity contribution in [2.24, 2.45) is 11.3 Å². The Bertz CT molecular complexity index is 2700. The molecule has 342 valence electrons. The first-order chi connectivity index (χ1) is 31.3. The molecule has 3 aliphatic carbocycles. The topological polar surface area (TPSA) is 208 Å². The Kier molecular flexibility index (Phi) is 11.5. The van der Waals surface area contributed by atoms with Crippen LogP contribution in [0.5, 0.6) is 11.5 Å². The maximum absolute atomic E-state index is 14.0. The minimum atomic E-state index is -4.63. The number of pyridine rings is 2. The van der Waals surface area contributed by atoms with Gasteiger partial charge < -0.3 is 30.4 Å². The first-order valence-corrected chi connectivity index (χ1v) is 24.5. The van der Waals surface area contributed by atoms with Crippen molar-refractivity contribution in [1.82, 2.24) is 29.9 Å². The molecular weight excluding hydrogens is 847 g/mol. The Morgan fingerprint density at radius 3 is 2.49 bits per heavy atom. The zero-order chi connectivity index (χ0) is 44.9. The second-order valence-electron chi connectivity index (χ2n) is 19.3. The minimum absolute atomic E-state index is 0.0390. The third kappa shape index (κ3) is 9.15. The summed E-state index contributed by atoms with van der Waals surface area (Å²) in [5, 5.41) is 29.9. The highest BCUT2D eigenvalue weighted by Gasteiger charge is 2.50. The summed E-state index contributed by atoms with van der Waals surface area (Å²) in [4.78, 5) is 41.6. The number of nitrogens with one attached hydrogen (secondary N) is 4. The van der Waals surface area contributed by atoms with E-state index in [2.05, 4.69) is 64.4 Å². The van der Waals surface area contributed by atoms with E-state index in [1.54, 1.807) is 31.3 Å². The number of nitro groups is 1. The van der Waals surface area contributed by atoms with Crippen LogP contribution in [0.2, 0.25) is 0 Å². The average molecular weight is 904 g/mol. The molecule has 0 bridgehead atoms. The number of ether oxygens (including phenoxy) is 1.